The van der Waals surface area contributed by atoms with Crippen molar-refractivity contribution in [2.24, 2.45) is 0 Å². The van der Waals surface area contributed by atoms with Gasteiger partial charge >= 0.3 is 6.09 Å². The first-order valence-corrected chi connectivity index (χ1v) is 7.15. The Morgan fingerprint density at radius 2 is 1.90 bits per heavy atom. The van der Waals surface area contributed by atoms with E-state index in [1.54, 1.807) is 0 Å². The summed E-state index contributed by atoms with van der Waals surface area (Å²) in [5.41, 5.74) is 1.07. The van der Waals surface area contributed by atoms with Gasteiger partial charge in [-0.3, -0.25) is 0 Å². The number of halogens is 1. The maximum absolute atomic E-state index is 11.2. The summed E-state index contributed by atoms with van der Waals surface area (Å²) in [5.74, 6) is 0.155. The minimum Gasteiger partial charge on any atom is -0.465 e. The molecular formula is C15H21ClN2O2. The summed E-state index contributed by atoms with van der Waals surface area (Å²) in [4.78, 5) is 12.7. The highest BCUT2D eigenvalue weighted by atomic mass is 35.5. The quantitative estimate of drug-likeness (QED) is 0.881. The Morgan fingerprint density at radius 3 is 2.40 bits per heavy atom. The molecular weight excluding hydrogens is 276 g/mol. The Hall–Kier alpha value is -1.26. The Labute approximate surface area is 124 Å². The number of carbonyl (C=O) groups is 1. The van der Waals surface area contributed by atoms with Crippen LogP contribution in [-0.2, 0) is 0 Å². The van der Waals surface area contributed by atoms with Gasteiger partial charge < -0.3 is 15.3 Å². The number of nitrogens with zero attached hydrogens (tertiary/aromatic N) is 1. The van der Waals surface area contributed by atoms with E-state index in [4.69, 9.17) is 11.6 Å². The van der Waals surface area contributed by atoms with Crippen molar-refractivity contribution >= 4 is 17.7 Å². The average Bonchev–Trinajstić information content (AvgIpc) is 2.72. The minimum atomic E-state index is -0.859. The molecule has 20 heavy (non-hydrogen) atoms. The highest BCUT2D eigenvalue weighted by molar-refractivity contribution is 6.30. The van der Waals surface area contributed by atoms with Crippen molar-refractivity contribution in [3.63, 3.8) is 0 Å². The van der Waals surface area contributed by atoms with Crippen molar-refractivity contribution in [2.45, 2.75) is 38.3 Å². The van der Waals surface area contributed by atoms with Crippen LogP contribution < -0.4 is 5.32 Å². The second-order valence-electron chi connectivity index (χ2n) is 6.35. The van der Waals surface area contributed by atoms with Gasteiger partial charge in [0.1, 0.15) is 0 Å². The molecule has 2 N–H and O–H groups in total. The van der Waals surface area contributed by atoms with Crippen molar-refractivity contribution in [3.05, 3.63) is 34.9 Å². The highest BCUT2D eigenvalue weighted by Gasteiger charge is 2.37. The standard InChI is InChI=1S/C15H21ClN2O2/c1-15(2,3)17-13-9-18(14(19)20)8-12(13)10-4-6-11(16)7-5-10/h4-7,12-13,17H,8-9H2,1-3H3,(H,19,20)/t12-,13+/m1/s1. The van der Waals surface area contributed by atoms with E-state index in [0.717, 1.165) is 5.56 Å². The maximum Gasteiger partial charge on any atom is 0.407 e. The van der Waals surface area contributed by atoms with E-state index in [9.17, 15) is 9.90 Å². The summed E-state index contributed by atoms with van der Waals surface area (Å²) in [6.07, 6.45) is -0.859. The van der Waals surface area contributed by atoms with Gasteiger partial charge in [0.25, 0.3) is 0 Å². The van der Waals surface area contributed by atoms with E-state index in [1.165, 1.54) is 4.90 Å². The van der Waals surface area contributed by atoms with Crippen molar-refractivity contribution < 1.29 is 9.90 Å². The second kappa shape index (κ2) is 5.62. The lowest BCUT2D eigenvalue weighted by Gasteiger charge is -2.29. The molecule has 1 aromatic carbocycles. The third-order valence-electron chi connectivity index (χ3n) is 3.51. The van der Waals surface area contributed by atoms with E-state index in [0.29, 0.717) is 18.1 Å². The maximum atomic E-state index is 11.2. The van der Waals surface area contributed by atoms with Gasteiger partial charge in [-0.15, -0.1) is 0 Å². The fourth-order valence-corrected chi connectivity index (χ4v) is 2.84. The molecule has 4 nitrogen and oxygen atoms in total. The molecule has 0 spiro atoms. The summed E-state index contributed by atoms with van der Waals surface area (Å²) < 4.78 is 0. The van der Waals surface area contributed by atoms with Crippen LogP contribution in [0, 0.1) is 0 Å². The number of carboxylic acid groups (broad SMARTS) is 1. The molecule has 1 saturated heterocycles. The molecule has 2 atom stereocenters. The molecule has 1 aromatic rings. The molecule has 0 saturated carbocycles. The number of amides is 1. The number of hydrogen-bond donors (Lipinski definition) is 2. The first-order chi connectivity index (χ1) is 9.26. The van der Waals surface area contributed by atoms with E-state index in [2.05, 4.69) is 26.1 Å². The van der Waals surface area contributed by atoms with Crippen LogP contribution in [0.3, 0.4) is 0 Å². The smallest absolute Gasteiger partial charge is 0.407 e. The van der Waals surface area contributed by atoms with Crippen LogP contribution in [-0.4, -0.2) is 40.8 Å². The number of rotatable bonds is 2. The first-order valence-electron chi connectivity index (χ1n) is 6.77. The van der Waals surface area contributed by atoms with E-state index in [-0.39, 0.29) is 17.5 Å². The summed E-state index contributed by atoms with van der Waals surface area (Å²) in [6.45, 7) is 7.31. The van der Waals surface area contributed by atoms with Crippen LogP contribution in [0.15, 0.2) is 24.3 Å². The Kier molecular flexibility index (Phi) is 4.25. The zero-order valence-electron chi connectivity index (χ0n) is 12.1. The van der Waals surface area contributed by atoms with Crippen LogP contribution >= 0.6 is 11.6 Å². The molecule has 1 aliphatic heterocycles. The number of likely N-dealkylation sites (tertiary alicyclic amines) is 1. The largest absolute Gasteiger partial charge is 0.465 e. The second-order valence-corrected chi connectivity index (χ2v) is 6.78. The number of benzene rings is 1. The summed E-state index contributed by atoms with van der Waals surface area (Å²) in [5, 5.41) is 13.4. The zero-order valence-corrected chi connectivity index (χ0v) is 12.8. The average molecular weight is 297 g/mol. The minimum absolute atomic E-state index is 0.0517. The Morgan fingerprint density at radius 1 is 1.30 bits per heavy atom. The molecule has 1 amide bonds. The monoisotopic (exact) mass is 296 g/mol. The third-order valence-corrected chi connectivity index (χ3v) is 3.76. The van der Waals surface area contributed by atoms with Crippen LogP contribution in [0.25, 0.3) is 0 Å². The first kappa shape index (κ1) is 15.1. The molecule has 1 fully saturated rings. The van der Waals surface area contributed by atoms with Gasteiger partial charge in [-0.25, -0.2) is 4.79 Å². The Bertz CT molecular complexity index is 482. The molecule has 0 aliphatic carbocycles. The van der Waals surface area contributed by atoms with Gasteiger partial charge in [-0.1, -0.05) is 23.7 Å². The summed E-state index contributed by atoms with van der Waals surface area (Å²) in [7, 11) is 0. The number of nitrogens with one attached hydrogen (secondary N) is 1. The van der Waals surface area contributed by atoms with E-state index >= 15 is 0 Å². The number of hydrogen-bond acceptors (Lipinski definition) is 2. The highest BCUT2D eigenvalue weighted by Crippen LogP contribution is 2.29. The van der Waals surface area contributed by atoms with Crippen LogP contribution in [0.1, 0.15) is 32.3 Å². The van der Waals surface area contributed by atoms with Crippen LogP contribution in [0.2, 0.25) is 5.02 Å². The lowest BCUT2D eigenvalue weighted by atomic mass is 9.92. The van der Waals surface area contributed by atoms with Gasteiger partial charge in [-0.2, -0.15) is 0 Å². The fourth-order valence-electron chi connectivity index (χ4n) is 2.71. The molecule has 1 heterocycles. The zero-order chi connectivity index (χ0) is 14.9. The van der Waals surface area contributed by atoms with Crippen LogP contribution in [0.4, 0.5) is 4.79 Å². The topological polar surface area (TPSA) is 52.6 Å². The van der Waals surface area contributed by atoms with Gasteiger partial charge in [0.2, 0.25) is 0 Å². The molecule has 110 valence electrons. The normalized spacial score (nSPS) is 23.1. The molecule has 1 aliphatic rings. The lowest BCUT2D eigenvalue weighted by molar-refractivity contribution is 0.153. The summed E-state index contributed by atoms with van der Waals surface area (Å²) >= 11 is 5.92. The predicted octanol–water partition coefficient (Wildman–Crippen LogP) is 3.17. The van der Waals surface area contributed by atoms with Crippen molar-refractivity contribution in [1.82, 2.24) is 10.2 Å². The third kappa shape index (κ3) is 3.64. The molecule has 0 unspecified atom stereocenters. The van der Waals surface area contributed by atoms with Crippen molar-refractivity contribution in [1.29, 1.82) is 0 Å². The fraction of sp³-hybridized carbons (Fsp3) is 0.533. The Balaban J connectivity index is 2.22. The van der Waals surface area contributed by atoms with Crippen LogP contribution in [0.5, 0.6) is 0 Å². The van der Waals surface area contributed by atoms with E-state index < -0.39 is 6.09 Å². The summed E-state index contributed by atoms with van der Waals surface area (Å²) in [6, 6.07) is 7.79. The van der Waals surface area contributed by atoms with Gasteiger partial charge in [0.05, 0.1) is 0 Å². The molecule has 0 radical (unpaired) electrons. The van der Waals surface area contributed by atoms with Crippen molar-refractivity contribution in [3.8, 4) is 0 Å². The molecule has 5 heteroatoms. The predicted molar refractivity (Wildman–Crippen MR) is 80.5 cm³/mol. The molecule has 2 rings (SSSR count). The van der Waals surface area contributed by atoms with Crippen molar-refractivity contribution in [2.75, 3.05) is 13.1 Å². The van der Waals surface area contributed by atoms with Gasteiger partial charge in [0.15, 0.2) is 0 Å². The van der Waals surface area contributed by atoms with Gasteiger partial charge in [0, 0.05) is 35.6 Å². The molecule has 0 aromatic heterocycles. The molecule has 0 bridgehead atoms. The lowest BCUT2D eigenvalue weighted by Crippen LogP contribution is -2.47. The SMILES string of the molecule is CC(C)(C)N[C@H]1CN(C(=O)O)C[C@@H]1c1ccc(Cl)cc1. The van der Waals surface area contributed by atoms with Gasteiger partial charge in [-0.05, 0) is 38.5 Å². The van der Waals surface area contributed by atoms with E-state index in [1.807, 2.05) is 24.3 Å².